The molecule has 0 aliphatic rings. The van der Waals surface area contributed by atoms with Gasteiger partial charge >= 0.3 is 0 Å². The molecule has 0 saturated heterocycles. The van der Waals surface area contributed by atoms with E-state index in [0.29, 0.717) is 17.1 Å². The van der Waals surface area contributed by atoms with Crippen LogP contribution in [0.15, 0.2) is 72.9 Å². The number of aromatic nitrogens is 1. The lowest BCUT2D eigenvalue weighted by Gasteiger charge is -2.15. The minimum atomic E-state index is -0.490. The number of aldehydes is 1. The fourth-order valence-corrected chi connectivity index (χ4v) is 2.46. The van der Waals surface area contributed by atoms with Crippen molar-refractivity contribution in [3.8, 4) is 11.5 Å². The molecule has 0 saturated carbocycles. The molecule has 2 aromatic carbocycles. The second kappa shape index (κ2) is 7.49. The highest BCUT2D eigenvalue weighted by atomic mass is 16.5. The average Bonchev–Trinajstić information content (AvgIpc) is 3.12. The van der Waals surface area contributed by atoms with Crippen molar-refractivity contribution in [2.24, 2.45) is 0 Å². The molecular weight excluding hydrogens is 316 g/mol. The van der Waals surface area contributed by atoms with Crippen molar-refractivity contribution >= 4 is 17.9 Å². The Hall–Kier alpha value is -3.34. The van der Waals surface area contributed by atoms with Crippen molar-refractivity contribution in [3.05, 3.63) is 78.6 Å². The summed E-state index contributed by atoms with van der Waals surface area (Å²) in [5.41, 5.74) is 1.13. The maximum atomic E-state index is 12.4. The molecule has 1 atom stereocenters. The first-order valence-electron chi connectivity index (χ1n) is 7.93. The predicted molar refractivity (Wildman–Crippen MR) is 96.1 cm³/mol. The van der Waals surface area contributed by atoms with Gasteiger partial charge in [-0.05, 0) is 55.5 Å². The highest BCUT2D eigenvalue weighted by Gasteiger charge is 2.16. The quantitative estimate of drug-likeness (QED) is 0.684. The third-order valence-electron chi connectivity index (χ3n) is 3.83. The summed E-state index contributed by atoms with van der Waals surface area (Å²) in [5, 5.41) is 2.84. The van der Waals surface area contributed by atoms with Crippen LogP contribution < -0.4 is 10.1 Å². The number of anilines is 1. The molecule has 1 aromatic heterocycles. The fraction of sp³-hybridized carbons (Fsp3) is 0.100. The van der Waals surface area contributed by atoms with Crippen LogP contribution in [0.25, 0.3) is 0 Å². The van der Waals surface area contributed by atoms with Crippen LogP contribution in [-0.2, 0) is 4.79 Å². The van der Waals surface area contributed by atoms with Crippen LogP contribution in [0.4, 0.5) is 5.69 Å². The summed E-state index contributed by atoms with van der Waals surface area (Å²) >= 11 is 0. The second-order valence-electron chi connectivity index (χ2n) is 5.56. The van der Waals surface area contributed by atoms with Crippen LogP contribution in [0.1, 0.15) is 23.5 Å². The Balaban J connectivity index is 1.65. The number of carbonyl (C=O) groups excluding carboxylic acids is 2. The zero-order valence-electron chi connectivity index (χ0n) is 13.8. The Morgan fingerprint density at radius 2 is 1.68 bits per heavy atom. The van der Waals surface area contributed by atoms with E-state index in [4.69, 9.17) is 4.74 Å². The highest BCUT2D eigenvalue weighted by Crippen LogP contribution is 2.23. The molecule has 0 bridgehead atoms. The number of carbonyl (C=O) groups is 2. The molecule has 1 unspecified atom stereocenters. The Morgan fingerprint density at radius 1 is 1.00 bits per heavy atom. The van der Waals surface area contributed by atoms with Crippen LogP contribution in [-0.4, -0.2) is 16.8 Å². The number of hydrogen-bond acceptors (Lipinski definition) is 3. The number of benzene rings is 2. The molecule has 0 fully saturated rings. The maximum Gasteiger partial charge on any atom is 0.247 e. The Morgan fingerprint density at radius 3 is 2.36 bits per heavy atom. The molecule has 25 heavy (non-hydrogen) atoms. The van der Waals surface area contributed by atoms with E-state index in [-0.39, 0.29) is 5.91 Å². The van der Waals surface area contributed by atoms with Gasteiger partial charge in [0.1, 0.15) is 17.5 Å². The van der Waals surface area contributed by atoms with E-state index in [1.807, 2.05) is 30.3 Å². The van der Waals surface area contributed by atoms with Crippen molar-refractivity contribution in [3.63, 3.8) is 0 Å². The summed E-state index contributed by atoms with van der Waals surface area (Å²) in [4.78, 5) is 23.4. The topological polar surface area (TPSA) is 60.3 Å². The lowest BCUT2D eigenvalue weighted by molar-refractivity contribution is -0.118. The van der Waals surface area contributed by atoms with Crippen LogP contribution in [0, 0.1) is 0 Å². The average molecular weight is 334 g/mol. The molecule has 3 rings (SSSR count). The van der Waals surface area contributed by atoms with Crippen molar-refractivity contribution in [1.82, 2.24) is 4.57 Å². The fourth-order valence-electron chi connectivity index (χ4n) is 2.46. The van der Waals surface area contributed by atoms with E-state index in [1.165, 1.54) is 0 Å². The molecule has 5 nitrogen and oxygen atoms in total. The smallest absolute Gasteiger partial charge is 0.247 e. The summed E-state index contributed by atoms with van der Waals surface area (Å²) in [6.45, 7) is 1.75. The first-order chi connectivity index (χ1) is 12.2. The van der Waals surface area contributed by atoms with Gasteiger partial charge in [-0.25, -0.2) is 0 Å². The monoisotopic (exact) mass is 334 g/mol. The number of ether oxygens (including phenoxy) is 1. The van der Waals surface area contributed by atoms with Gasteiger partial charge in [-0.15, -0.1) is 0 Å². The Kier molecular flexibility index (Phi) is 4.95. The highest BCUT2D eigenvalue weighted by molar-refractivity contribution is 5.94. The van der Waals surface area contributed by atoms with E-state index in [9.17, 15) is 9.59 Å². The second-order valence-corrected chi connectivity index (χ2v) is 5.56. The maximum absolute atomic E-state index is 12.4. The van der Waals surface area contributed by atoms with Gasteiger partial charge in [0.2, 0.25) is 5.91 Å². The number of amides is 1. The van der Waals surface area contributed by atoms with Crippen molar-refractivity contribution < 1.29 is 14.3 Å². The van der Waals surface area contributed by atoms with Gasteiger partial charge in [0, 0.05) is 11.9 Å². The van der Waals surface area contributed by atoms with Gasteiger partial charge in [0.05, 0.1) is 5.69 Å². The van der Waals surface area contributed by atoms with Gasteiger partial charge in [0.25, 0.3) is 0 Å². The summed E-state index contributed by atoms with van der Waals surface area (Å²) in [5.74, 6) is 1.24. The summed E-state index contributed by atoms with van der Waals surface area (Å²) < 4.78 is 7.35. The molecule has 126 valence electrons. The van der Waals surface area contributed by atoms with Crippen molar-refractivity contribution in [1.29, 1.82) is 0 Å². The standard InChI is InChI=1S/C20H18N2O3/c1-15(22-13-5-6-17(22)14-23)20(24)21-16-9-11-19(12-10-16)25-18-7-3-2-4-8-18/h2-15H,1H3,(H,21,24). The molecule has 0 aliphatic heterocycles. The largest absolute Gasteiger partial charge is 0.457 e. The number of rotatable bonds is 6. The van der Waals surface area contributed by atoms with Crippen LogP contribution >= 0.6 is 0 Å². The lowest BCUT2D eigenvalue weighted by Crippen LogP contribution is -2.24. The third kappa shape index (κ3) is 3.95. The lowest BCUT2D eigenvalue weighted by atomic mass is 10.2. The minimum absolute atomic E-state index is 0.198. The SMILES string of the molecule is CC(C(=O)Nc1ccc(Oc2ccccc2)cc1)n1cccc1C=O. The van der Waals surface area contributed by atoms with Gasteiger partial charge in [-0.1, -0.05) is 18.2 Å². The zero-order chi connectivity index (χ0) is 17.6. The molecule has 1 amide bonds. The first kappa shape index (κ1) is 16.5. The van der Waals surface area contributed by atoms with E-state index in [1.54, 1.807) is 54.1 Å². The number of para-hydroxylation sites is 1. The Labute approximate surface area is 145 Å². The van der Waals surface area contributed by atoms with Gasteiger partial charge in [-0.2, -0.15) is 0 Å². The van der Waals surface area contributed by atoms with E-state index in [0.717, 1.165) is 12.0 Å². The van der Waals surface area contributed by atoms with Crippen molar-refractivity contribution in [2.45, 2.75) is 13.0 Å². The van der Waals surface area contributed by atoms with Gasteiger partial charge < -0.3 is 14.6 Å². The molecule has 0 radical (unpaired) electrons. The summed E-state index contributed by atoms with van der Waals surface area (Å²) in [6.07, 6.45) is 2.45. The molecule has 0 aliphatic carbocycles. The van der Waals surface area contributed by atoms with Gasteiger partial charge in [-0.3, -0.25) is 9.59 Å². The third-order valence-corrected chi connectivity index (χ3v) is 3.83. The van der Waals surface area contributed by atoms with E-state index < -0.39 is 6.04 Å². The molecule has 3 aromatic rings. The first-order valence-corrected chi connectivity index (χ1v) is 7.93. The predicted octanol–water partition coefficient (Wildman–Crippen LogP) is 4.29. The van der Waals surface area contributed by atoms with E-state index in [2.05, 4.69) is 5.32 Å². The zero-order valence-corrected chi connectivity index (χ0v) is 13.8. The molecule has 0 spiro atoms. The molecule has 1 heterocycles. The number of hydrogen-bond donors (Lipinski definition) is 1. The molecule has 5 heteroatoms. The van der Waals surface area contributed by atoms with Crippen LogP contribution in [0.2, 0.25) is 0 Å². The molecule has 1 N–H and O–H groups in total. The van der Waals surface area contributed by atoms with E-state index >= 15 is 0 Å². The van der Waals surface area contributed by atoms with Crippen LogP contribution in [0.3, 0.4) is 0 Å². The normalized spacial score (nSPS) is 11.6. The summed E-state index contributed by atoms with van der Waals surface area (Å²) in [6, 6.07) is 19.5. The minimum Gasteiger partial charge on any atom is -0.457 e. The van der Waals surface area contributed by atoms with Crippen LogP contribution in [0.5, 0.6) is 11.5 Å². The van der Waals surface area contributed by atoms with Gasteiger partial charge in [0.15, 0.2) is 6.29 Å². The number of nitrogens with one attached hydrogen (secondary N) is 1. The number of nitrogens with zero attached hydrogens (tertiary/aromatic N) is 1. The van der Waals surface area contributed by atoms with Crippen molar-refractivity contribution in [2.75, 3.05) is 5.32 Å². The summed E-state index contributed by atoms with van der Waals surface area (Å²) in [7, 11) is 0. The molecular formula is C20H18N2O3. The Bertz CT molecular complexity index is 854.